The summed E-state index contributed by atoms with van der Waals surface area (Å²) in [5.74, 6) is 0.669. The maximum atomic E-state index is 12.6. The molecule has 2 aromatic heterocycles. The van der Waals surface area contributed by atoms with Gasteiger partial charge in [0.1, 0.15) is 12.1 Å². The zero-order valence-corrected chi connectivity index (χ0v) is 12.2. The number of carbonyl (C=O) groups is 1. The predicted octanol–water partition coefficient (Wildman–Crippen LogP) is 2.58. The first-order chi connectivity index (χ1) is 9.52. The molecule has 0 spiro atoms. The van der Waals surface area contributed by atoms with Crippen molar-refractivity contribution >= 4 is 11.7 Å². The number of anilines is 1. The van der Waals surface area contributed by atoms with Gasteiger partial charge in [0, 0.05) is 19.4 Å². The fraction of sp³-hybridized carbons (Fsp3) is 0.333. The lowest BCUT2D eigenvalue weighted by Crippen LogP contribution is -2.29. The average molecular weight is 270 g/mol. The number of aryl methyl sites for hydroxylation is 1. The third-order valence-electron chi connectivity index (χ3n) is 3.12. The first-order valence-electron chi connectivity index (χ1n) is 6.52. The molecule has 0 bridgehead atoms. The van der Waals surface area contributed by atoms with Gasteiger partial charge < -0.3 is 0 Å². The smallest absolute Gasteiger partial charge is 0.262 e. The van der Waals surface area contributed by atoms with Crippen molar-refractivity contribution in [1.29, 1.82) is 0 Å². The van der Waals surface area contributed by atoms with Crippen molar-refractivity contribution in [3.63, 3.8) is 0 Å². The van der Waals surface area contributed by atoms with Gasteiger partial charge in [-0.2, -0.15) is 0 Å². The third-order valence-corrected chi connectivity index (χ3v) is 3.12. The van der Waals surface area contributed by atoms with E-state index in [1.54, 1.807) is 24.3 Å². The number of rotatable bonds is 3. The first kappa shape index (κ1) is 14.1. The van der Waals surface area contributed by atoms with E-state index < -0.39 is 0 Å². The third kappa shape index (κ3) is 2.66. The van der Waals surface area contributed by atoms with Crippen molar-refractivity contribution in [2.75, 3.05) is 11.9 Å². The molecule has 0 N–H and O–H groups in total. The molecule has 0 aliphatic rings. The second-order valence-corrected chi connectivity index (χ2v) is 4.98. The Balaban J connectivity index is 2.40. The summed E-state index contributed by atoms with van der Waals surface area (Å²) >= 11 is 0. The molecule has 2 heterocycles. The SMILES string of the molecule is Cc1cccnc1N(C)C(=O)c1cncnc1C(C)C. The Bertz CT molecular complexity index is 625. The minimum Gasteiger partial charge on any atom is -0.296 e. The standard InChI is InChI=1S/C15H18N4O/c1-10(2)13-12(8-16-9-18-13)15(20)19(4)14-11(3)6-5-7-17-14/h5-10H,1-4H3. The Labute approximate surface area is 118 Å². The van der Waals surface area contributed by atoms with E-state index in [0.717, 1.165) is 11.3 Å². The lowest BCUT2D eigenvalue weighted by molar-refractivity contribution is 0.0990. The molecule has 0 aliphatic heterocycles. The molecule has 5 heteroatoms. The molecule has 2 aromatic rings. The van der Waals surface area contributed by atoms with Crippen molar-refractivity contribution in [3.8, 4) is 0 Å². The molecule has 20 heavy (non-hydrogen) atoms. The van der Waals surface area contributed by atoms with E-state index in [2.05, 4.69) is 15.0 Å². The Morgan fingerprint density at radius 3 is 2.70 bits per heavy atom. The van der Waals surface area contributed by atoms with Crippen molar-refractivity contribution in [2.24, 2.45) is 0 Å². The van der Waals surface area contributed by atoms with E-state index in [-0.39, 0.29) is 11.8 Å². The highest BCUT2D eigenvalue weighted by molar-refractivity contribution is 6.06. The van der Waals surface area contributed by atoms with E-state index in [1.165, 1.54) is 6.33 Å². The van der Waals surface area contributed by atoms with Crippen LogP contribution in [0.25, 0.3) is 0 Å². The van der Waals surface area contributed by atoms with Crippen LogP contribution in [0.15, 0.2) is 30.9 Å². The molecule has 0 aliphatic carbocycles. The molecule has 0 unspecified atom stereocenters. The summed E-state index contributed by atoms with van der Waals surface area (Å²) in [6, 6.07) is 3.78. The summed E-state index contributed by atoms with van der Waals surface area (Å²) in [6.45, 7) is 5.94. The van der Waals surface area contributed by atoms with Crippen LogP contribution < -0.4 is 4.90 Å². The van der Waals surface area contributed by atoms with Gasteiger partial charge in [-0.3, -0.25) is 9.69 Å². The van der Waals surface area contributed by atoms with Crippen molar-refractivity contribution in [1.82, 2.24) is 15.0 Å². The lowest BCUT2D eigenvalue weighted by Gasteiger charge is -2.19. The van der Waals surface area contributed by atoms with Crippen LogP contribution in [0.3, 0.4) is 0 Å². The maximum Gasteiger partial charge on any atom is 0.262 e. The highest BCUT2D eigenvalue weighted by atomic mass is 16.2. The number of aromatic nitrogens is 3. The minimum atomic E-state index is -0.142. The normalized spacial score (nSPS) is 10.7. The highest BCUT2D eigenvalue weighted by Gasteiger charge is 2.21. The van der Waals surface area contributed by atoms with E-state index >= 15 is 0 Å². The van der Waals surface area contributed by atoms with Crippen molar-refractivity contribution < 1.29 is 4.79 Å². The van der Waals surface area contributed by atoms with Crippen molar-refractivity contribution in [2.45, 2.75) is 26.7 Å². The van der Waals surface area contributed by atoms with Gasteiger partial charge in [0.05, 0.1) is 11.3 Å². The van der Waals surface area contributed by atoms with Gasteiger partial charge in [0.2, 0.25) is 0 Å². The highest BCUT2D eigenvalue weighted by Crippen LogP contribution is 2.21. The fourth-order valence-corrected chi connectivity index (χ4v) is 2.07. The summed E-state index contributed by atoms with van der Waals surface area (Å²) in [7, 11) is 1.72. The Morgan fingerprint density at radius 2 is 2.05 bits per heavy atom. The summed E-state index contributed by atoms with van der Waals surface area (Å²) in [5, 5.41) is 0. The summed E-state index contributed by atoms with van der Waals surface area (Å²) in [6.07, 6.45) is 4.72. The molecule has 0 radical (unpaired) electrons. The van der Waals surface area contributed by atoms with Gasteiger partial charge in [-0.25, -0.2) is 15.0 Å². The lowest BCUT2D eigenvalue weighted by atomic mass is 10.0. The van der Waals surface area contributed by atoms with E-state index in [4.69, 9.17) is 0 Å². The first-order valence-corrected chi connectivity index (χ1v) is 6.52. The number of hydrogen-bond donors (Lipinski definition) is 0. The van der Waals surface area contributed by atoms with E-state index in [1.807, 2.05) is 32.9 Å². The predicted molar refractivity (Wildman–Crippen MR) is 77.8 cm³/mol. The molecule has 0 fully saturated rings. The molecule has 2 rings (SSSR count). The van der Waals surface area contributed by atoms with Crippen LogP contribution in [0.1, 0.15) is 41.4 Å². The molecule has 0 atom stereocenters. The monoisotopic (exact) mass is 270 g/mol. The van der Waals surface area contributed by atoms with Crippen LogP contribution in [0.2, 0.25) is 0 Å². The zero-order chi connectivity index (χ0) is 14.7. The second-order valence-electron chi connectivity index (χ2n) is 4.98. The number of amides is 1. The largest absolute Gasteiger partial charge is 0.296 e. The van der Waals surface area contributed by atoms with Gasteiger partial charge >= 0.3 is 0 Å². The molecule has 104 valence electrons. The fourth-order valence-electron chi connectivity index (χ4n) is 2.07. The molecule has 0 saturated carbocycles. The number of pyridine rings is 1. The topological polar surface area (TPSA) is 59.0 Å². The Kier molecular flexibility index (Phi) is 4.08. The van der Waals surface area contributed by atoms with E-state index in [0.29, 0.717) is 11.4 Å². The molecular weight excluding hydrogens is 252 g/mol. The minimum absolute atomic E-state index is 0.142. The maximum absolute atomic E-state index is 12.6. The van der Waals surface area contributed by atoms with Crippen LogP contribution in [0.5, 0.6) is 0 Å². The van der Waals surface area contributed by atoms with Crippen LogP contribution >= 0.6 is 0 Å². The zero-order valence-electron chi connectivity index (χ0n) is 12.2. The van der Waals surface area contributed by atoms with Gasteiger partial charge in [0.25, 0.3) is 5.91 Å². The number of hydrogen-bond acceptors (Lipinski definition) is 4. The summed E-state index contributed by atoms with van der Waals surface area (Å²) < 4.78 is 0. The number of nitrogens with zero attached hydrogens (tertiary/aromatic N) is 4. The van der Waals surface area contributed by atoms with Crippen LogP contribution in [0, 0.1) is 6.92 Å². The molecular formula is C15H18N4O. The second kappa shape index (κ2) is 5.77. The summed E-state index contributed by atoms with van der Waals surface area (Å²) in [4.78, 5) is 26.6. The van der Waals surface area contributed by atoms with Gasteiger partial charge in [0.15, 0.2) is 0 Å². The van der Waals surface area contributed by atoms with Crippen molar-refractivity contribution in [3.05, 3.63) is 47.7 Å². The quantitative estimate of drug-likeness (QED) is 0.860. The van der Waals surface area contributed by atoms with Gasteiger partial charge in [-0.1, -0.05) is 19.9 Å². The van der Waals surface area contributed by atoms with Gasteiger partial charge in [-0.05, 0) is 24.5 Å². The van der Waals surface area contributed by atoms with Crippen LogP contribution in [-0.4, -0.2) is 27.9 Å². The average Bonchev–Trinajstić information content (AvgIpc) is 2.46. The molecule has 5 nitrogen and oxygen atoms in total. The Morgan fingerprint density at radius 1 is 1.30 bits per heavy atom. The van der Waals surface area contributed by atoms with Gasteiger partial charge in [-0.15, -0.1) is 0 Å². The van der Waals surface area contributed by atoms with E-state index in [9.17, 15) is 4.79 Å². The summed E-state index contributed by atoms with van der Waals surface area (Å²) in [5.41, 5.74) is 2.23. The van der Waals surface area contributed by atoms with Crippen LogP contribution in [0.4, 0.5) is 5.82 Å². The number of carbonyl (C=O) groups excluding carboxylic acids is 1. The molecule has 0 aromatic carbocycles. The van der Waals surface area contributed by atoms with Crippen LogP contribution in [-0.2, 0) is 0 Å². The Hall–Kier alpha value is -2.30. The molecule has 0 saturated heterocycles. The molecule has 1 amide bonds.